The van der Waals surface area contributed by atoms with Gasteiger partial charge in [-0.15, -0.1) is 0 Å². The Morgan fingerprint density at radius 2 is 1.31 bits per heavy atom. The van der Waals surface area contributed by atoms with Gasteiger partial charge in [-0.2, -0.15) is 0 Å². The lowest BCUT2D eigenvalue weighted by Gasteiger charge is -2.65. The highest BCUT2D eigenvalue weighted by Gasteiger charge is 2.66. The van der Waals surface area contributed by atoms with Crippen LogP contribution >= 0.6 is 0 Å². The number of nitrogens with two attached hydrogens (primary N) is 3. The predicted octanol–water partition coefficient (Wildman–Crippen LogP) is 8.85. The number of hydrogen-bond donors (Lipinski definition) is 4. The Labute approximate surface area is 316 Å². The summed E-state index contributed by atoms with van der Waals surface area (Å²) in [6.45, 7) is 17.0. The first kappa shape index (κ1) is 45.1. The van der Waals surface area contributed by atoms with Crippen LogP contribution in [0.4, 0.5) is 0 Å². The van der Waals surface area contributed by atoms with E-state index in [0.717, 1.165) is 52.0 Å². The summed E-state index contributed by atoms with van der Waals surface area (Å²) in [4.78, 5) is 0. The van der Waals surface area contributed by atoms with Gasteiger partial charge in [0.15, 0.2) is 0 Å². The monoisotopic (exact) mass is 721 g/mol. The molecule has 0 bridgehead atoms. The van der Waals surface area contributed by atoms with Crippen LogP contribution in [0.3, 0.4) is 0 Å². The molecule has 7 nitrogen and oxygen atoms in total. The topological polar surface area (TPSA) is 118 Å². The third kappa shape index (κ3) is 11.9. The fourth-order valence-corrected chi connectivity index (χ4v) is 11.9. The molecule has 4 saturated carbocycles. The Hall–Kier alpha value is -0.280. The fourth-order valence-electron chi connectivity index (χ4n) is 11.9. The molecule has 0 amide bonds. The first-order chi connectivity index (χ1) is 24.3. The summed E-state index contributed by atoms with van der Waals surface area (Å²) in [5.41, 5.74) is 18.3. The van der Waals surface area contributed by atoms with Gasteiger partial charge >= 0.3 is 0 Å². The zero-order chi connectivity index (χ0) is 35.8. The van der Waals surface area contributed by atoms with Gasteiger partial charge in [0.2, 0.25) is 0 Å². The van der Waals surface area contributed by atoms with Crippen molar-refractivity contribution in [1.29, 1.82) is 0 Å². The highest BCUT2D eigenvalue weighted by molar-refractivity contribution is 5.15. The van der Waals surface area contributed by atoms with Crippen molar-refractivity contribution in [1.82, 2.24) is 5.32 Å². The molecule has 0 unspecified atom stereocenters. The number of hydrogen-bond acceptors (Lipinski definition) is 7. The second-order valence-corrected chi connectivity index (χ2v) is 17.8. The first-order valence-electron chi connectivity index (χ1n) is 22.0. The minimum absolute atomic E-state index is 0. The van der Waals surface area contributed by atoms with E-state index in [9.17, 15) is 0 Å². The van der Waals surface area contributed by atoms with Crippen LogP contribution in [-0.2, 0) is 14.2 Å². The van der Waals surface area contributed by atoms with Crippen molar-refractivity contribution >= 4 is 0 Å². The Balaban J connectivity index is 0.00000702. The van der Waals surface area contributed by atoms with E-state index in [1.807, 2.05) is 0 Å². The standard InChI is InChI=1S/C43H84N4O3.CH4/c1-5-6-7-8-9-10-11-12-25-47-26-13-17-33(2)36-18-19-37-41-38(32-40(43(36,37)4)50-29-16-24-46)42(3)21-20-35(48-27-14-22-44)30-34(42)31-39(41)49-28-15-23-45;/h33-41,47H,5-32,44-46H2,1-4H3;1H4/t33-,34+,35-,36-,37+,38+,39-,40+,41+,42+,43-;/m1./s1. The Morgan fingerprint density at radius 3 is 2.00 bits per heavy atom. The summed E-state index contributed by atoms with van der Waals surface area (Å²) in [6, 6.07) is 0. The highest BCUT2D eigenvalue weighted by atomic mass is 16.5. The van der Waals surface area contributed by atoms with Gasteiger partial charge in [0.1, 0.15) is 0 Å². The lowest BCUT2D eigenvalue weighted by atomic mass is 9.43. The van der Waals surface area contributed by atoms with E-state index in [2.05, 4.69) is 33.0 Å². The molecule has 4 aliphatic rings. The molecule has 0 saturated heterocycles. The van der Waals surface area contributed by atoms with Crippen LogP contribution in [0.1, 0.15) is 164 Å². The maximum absolute atomic E-state index is 7.05. The van der Waals surface area contributed by atoms with Crippen molar-refractivity contribution in [3.05, 3.63) is 0 Å². The van der Waals surface area contributed by atoms with Crippen LogP contribution in [0.5, 0.6) is 0 Å². The number of rotatable bonds is 26. The number of unbranched alkanes of at least 4 members (excludes halogenated alkanes) is 7. The molecule has 0 aromatic carbocycles. The van der Waals surface area contributed by atoms with Crippen LogP contribution in [-0.4, -0.2) is 70.9 Å². The highest BCUT2D eigenvalue weighted by Crippen LogP contribution is 2.69. The average Bonchev–Trinajstić information content (AvgIpc) is 3.47. The van der Waals surface area contributed by atoms with Gasteiger partial charge in [-0.25, -0.2) is 0 Å². The molecule has 0 aromatic heterocycles. The molecule has 0 aromatic rings. The Bertz CT molecular complexity index is 910. The molecule has 11 atom stereocenters. The summed E-state index contributed by atoms with van der Waals surface area (Å²) in [6.07, 6.45) is 26.1. The molecule has 4 fully saturated rings. The molecule has 7 heteroatoms. The van der Waals surface area contributed by atoms with Gasteiger partial charge in [-0.05, 0) is 157 Å². The summed E-state index contributed by atoms with van der Waals surface area (Å²) in [5, 5.41) is 3.79. The molecular weight excluding hydrogens is 633 g/mol. The fraction of sp³-hybridized carbons (Fsp3) is 1.00. The lowest BCUT2D eigenvalue weighted by molar-refractivity contribution is -0.227. The van der Waals surface area contributed by atoms with Crippen molar-refractivity contribution < 1.29 is 14.2 Å². The molecule has 0 radical (unpaired) electrons. The van der Waals surface area contributed by atoms with Crippen LogP contribution in [0.15, 0.2) is 0 Å². The van der Waals surface area contributed by atoms with Crippen LogP contribution < -0.4 is 22.5 Å². The molecule has 4 rings (SSSR count). The summed E-state index contributed by atoms with van der Waals surface area (Å²) < 4.78 is 20.4. The van der Waals surface area contributed by atoms with Gasteiger partial charge in [-0.1, -0.05) is 80.1 Å². The zero-order valence-electron chi connectivity index (χ0n) is 33.5. The van der Waals surface area contributed by atoms with E-state index in [0.29, 0.717) is 78.9 Å². The molecule has 51 heavy (non-hydrogen) atoms. The van der Waals surface area contributed by atoms with Crippen molar-refractivity contribution in [3.63, 3.8) is 0 Å². The molecule has 7 N–H and O–H groups in total. The van der Waals surface area contributed by atoms with E-state index in [1.165, 1.54) is 109 Å². The summed E-state index contributed by atoms with van der Waals surface area (Å²) in [5.74, 6) is 3.92. The van der Waals surface area contributed by atoms with Crippen molar-refractivity contribution in [2.45, 2.75) is 182 Å². The number of nitrogens with one attached hydrogen (secondary N) is 1. The first-order valence-corrected chi connectivity index (χ1v) is 22.0. The number of fused-ring (bicyclic) bond motifs is 5. The summed E-state index contributed by atoms with van der Waals surface area (Å²) in [7, 11) is 0. The third-order valence-corrected chi connectivity index (χ3v) is 14.7. The summed E-state index contributed by atoms with van der Waals surface area (Å²) >= 11 is 0. The molecule has 0 spiro atoms. The normalized spacial score (nSPS) is 35.1. The second kappa shape index (κ2) is 23.6. The van der Waals surface area contributed by atoms with Crippen LogP contribution in [0, 0.1) is 46.3 Å². The minimum atomic E-state index is 0. The largest absolute Gasteiger partial charge is 0.378 e. The van der Waals surface area contributed by atoms with E-state index in [-0.39, 0.29) is 12.8 Å². The van der Waals surface area contributed by atoms with E-state index >= 15 is 0 Å². The van der Waals surface area contributed by atoms with Gasteiger partial charge in [0.25, 0.3) is 0 Å². The lowest BCUT2D eigenvalue weighted by Crippen LogP contribution is -2.63. The predicted molar refractivity (Wildman–Crippen MR) is 217 cm³/mol. The molecule has 0 heterocycles. The van der Waals surface area contributed by atoms with Crippen molar-refractivity contribution in [2.75, 3.05) is 52.5 Å². The van der Waals surface area contributed by atoms with Crippen molar-refractivity contribution in [3.8, 4) is 0 Å². The zero-order valence-corrected chi connectivity index (χ0v) is 33.5. The van der Waals surface area contributed by atoms with Crippen LogP contribution in [0.2, 0.25) is 0 Å². The average molecular weight is 721 g/mol. The van der Waals surface area contributed by atoms with Gasteiger partial charge in [0.05, 0.1) is 18.3 Å². The maximum Gasteiger partial charge on any atom is 0.0637 e. The SMILES string of the molecule is C.CCCCCCCCCCNCCC[C@@H](C)[C@H]1CC[C@H]2[C@@H]3[C@H](OCCCN)C[C@@H]4C[C@H](OCCCN)CC[C@]4(C)[C@H]3C[C@H](OCCCN)[C@]12C. The Morgan fingerprint density at radius 1 is 0.686 bits per heavy atom. The maximum atomic E-state index is 7.05. The van der Waals surface area contributed by atoms with Crippen molar-refractivity contribution in [2.24, 2.45) is 63.5 Å². The molecule has 4 aliphatic carbocycles. The van der Waals surface area contributed by atoms with Gasteiger partial charge in [0, 0.05) is 25.2 Å². The second-order valence-electron chi connectivity index (χ2n) is 17.8. The van der Waals surface area contributed by atoms with E-state index in [1.54, 1.807) is 0 Å². The Kier molecular flexibility index (Phi) is 20.9. The molecule has 302 valence electrons. The smallest absolute Gasteiger partial charge is 0.0637 e. The van der Waals surface area contributed by atoms with E-state index in [4.69, 9.17) is 31.4 Å². The van der Waals surface area contributed by atoms with Gasteiger partial charge in [-0.3, -0.25) is 0 Å². The van der Waals surface area contributed by atoms with Gasteiger partial charge < -0.3 is 36.7 Å². The molecular formula is C44H88N4O3. The minimum Gasteiger partial charge on any atom is -0.378 e. The molecule has 0 aliphatic heterocycles. The number of ether oxygens (including phenoxy) is 3. The quantitative estimate of drug-likeness (QED) is 0.0660. The third-order valence-electron chi connectivity index (χ3n) is 14.7. The van der Waals surface area contributed by atoms with E-state index < -0.39 is 0 Å². The van der Waals surface area contributed by atoms with Crippen LogP contribution in [0.25, 0.3) is 0 Å².